The lowest BCUT2D eigenvalue weighted by Crippen LogP contribution is -1.94. The second-order valence-electron chi connectivity index (χ2n) is 6.25. The van der Waals surface area contributed by atoms with Crippen molar-refractivity contribution in [1.29, 1.82) is 0 Å². The zero-order valence-corrected chi connectivity index (χ0v) is 14.8. The lowest BCUT2D eigenvalue weighted by Gasteiger charge is -2.12. The number of pyridine rings is 1. The van der Waals surface area contributed by atoms with Crippen molar-refractivity contribution in [3.63, 3.8) is 0 Å². The molecule has 0 unspecified atom stereocenters. The van der Waals surface area contributed by atoms with Crippen LogP contribution in [0.2, 0.25) is 0 Å². The largest absolute Gasteiger partial charge is 0.493 e. The zero-order chi connectivity index (χ0) is 17.6. The molecule has 0 saturated carbocycles. The van der Waals surface area contributed by atoms with Crippen LogP contribution in [0.25, 0.3) is 33.1 Å². The number of aryl methyl sites for hydroxylation is 2. The number of nitrogens with zero attached hydrogens (tertiary/aromatic N) is 2. The number of aromatic nitrogens is 2. The fourth-order valence-corrected chi connectivity index (χ4v) is 3.31. The van der Waals surface area contributed by atoms with Gasteiger partial charge >= 0.3 is 0 Å². The lowest BCUT2D eigenvalue weighted by molar-refractivity contribution is 0.356. The molecule has 4 rings (SSSR count). The van der Waals surface area contributed by atoms with Gasteiger partial charge in [0.05, 0.1) is 25.4 Å². The van der Waals surface area contributed by atoms with Crippen molar-refractivity contribution in [3.05, 3.63) is 54.2 Å². The van der Waals surface area contributed by atoms with E-state index in [9.17, 15) is 0 Å². The van der Waals surface area contributed by atoms with Crippen LogP contribution < -0.4 is 9.47 Å². The van der Waals surface area contributed by atoms with Gasteiger partial charge in [-0.25, -0.2) is 4.98 Å². The molecule has 2 heterocycles. The van der Waals surface area contributed by atoms with Gasteiger partial charge in [0.1, 0.15) is 0 Å². The van der Waals surface area contributed by atoms with E-state index in [2.05, 4.69) is 55.1 Å². The number of hydrogen-bond acceptors (Lipinski definition) is 3. The minimum Gasteiger partial charge on any atom is -0.493 e. The Hall–Kier alpha value is -3.01. The molecule has 4 aromatic rings. The van der Waals surface area contributed by atoms with Crippen LogP contribution in [0.15, 0.2) is 48.7 Å². The molecule has 0 N–H and O–H groups in total. The molecule has 0 saturated heterocycles. The molecule has 4 nitrogen and oxygen atoms in total. The van der Waals surface area contributed by atoms with E-state index < -0.39 is 0 Å². The number of benzene rings is 2. The molecule has 0 aliphatic heterocycles. The van der Waals surface area contributed by atoms with Crippen LogP contribution in [0, 0.1) is 6.92 Å². The zero-order valence-electron chi connectivity index (χ0n) is 14.8. The first-order chi connectivity index (χ1) is 12.1. The molecule has 0 radical (unpaired) electrons. The standard InChI is InChI=1S/C21H20N2O2/c1-13-9-17(14-5-6-19-15(10-14)7-8-23(19)2)22-18-12-21(25-4)20(24-3)11-16(13)18/h5-12H,1-4H3. The maximum absolute atomic E-state index is 5.42. The van der Waals surface area contributed by atoms with E-state index in [0.29, 0.717) is 5.75 Å². The van der Waals surface area contributed by atoms with Crippen molar-refractivity contribution in [2.75, 3.05) is 14.2 Å². The molecule has 0 bridgehead atoms. The smallest absolute Gasteiger partial charge is 0.162 e. The average Bonchev–Trinajstić information content (AvgIpc) is 3.01. The van der Waals surface area contributed by atoms with Crippen LogP contribution in [0.4, 0.5) is 0 Å². The highest BCUT2D eigenvalue weighted by Gasteiger charge is 2.11. The Morgan fingerprint density at radius 2 is 1.68 bits per heavy atom. The van der Waals surface area contributed by atoms with Crippen LogP contribution in [0.5, 0.6) is 11.5 Å². The van der Waals surface area contributed by atoms with E-state index in [-0.39, 0.29) is 0 Å². The number of rotatable bonds is 3. The molecule has 0 amide bonds. The van der Waals surface area contributed by atoms with Crippen molar-refractivity contribution >= 4 is 21.8 Å². The van der Waals surface area contributed by atoms with Gasteiger partial charge in [0, 0.05) is 41.2 Å². The number of fused-ring (bicyclic) bond motifs is 2. The Morgan fingerprint density at radius 3 is 2.44 bits per heavy atom. The minimum atomic E-state index is 0.692. The molecule has 0 spiro atoms. The summed E-state index contributed by atoms with van der Waals surface area (Å²) in [7, 11) is 5.35. The quantitative estimate of drug-likeness (QED) is 0.545. The van der Waals surface area contributed by atoms with Crippen molar-refractivity contribution in [2.45, 2.75) is 6.92 Å². The second kappa shape index (κ2) is 5.81. The molecule has 0 atom stereocenters. The van der Waals surface area contributed by atoms with Gasteiger partial charge in [0.2, 0.25) is 0 Å². The molecule has 126 valence electrons. The highest BCUT2D eigenvalue weighted by atomic mass is 16.5. The van der Waals surface area contributed by atoms with E-state index in [0.717, 1.165) is 33.5 Å². The Labute approximate surface area is 146 Å². The van der Waals surface area contributed by atoms with Crippen LogP contribution in [-0.4, -0.2) is 23.8 Å². The summed E-state index contributed by atoms with van der Waals surface area (Å²) in [6.07, 6.45) is 2.07. The third-order valence-electron chi connectivity index (χ3n) is 4.70. The van der Waals surface area contributed by atoms with Gasteiger partial charge in [-0.2, -0.15) is 0 Å². The summed E-state index contributed by atoms with van der Waals surface area (Å²) in [6.45, 7) is 2.10. The first-order valence-electron chi connectivity index (χ1n) is 8.19. The molecule has 25 heavy (non-hydrogen) atoms. The molecule has 4 heteroatoms. The fraction of sp³-hybridized carbons (Fsp3) is 0.190. The van der Waals surface area contributed by atoms with Crippen LogP contribution in [0.3, 0.4) is 0 Å². The molecule has 0 fully saturated rings. The van der Waals surface area contributed by atoms with Crippen molar-refractivity contribution in [1.82, 2.24) is 9.55 Å². The average molecular weight is 332 g/mol. The monoisotopic (exact) mass is 332 g/mol. The summed E-state index contributed by atoms with van der Waals surface area (Å²) < 4.78 is 13.0. The maximum atomic E-state index is 5.42. The van der Waals surface area contributed by atoms with Crippen LogP contribution >= 0.6 is 0 Å². The predicted molar refractivity (Wildman–Crippen MR) is 101 cm³/mol. The Kier molecular flexibility index (Phi) is 3.61. The third-order valence-corrected chi connectivity index (χ3v) is 4.70. The summed E-state index contributed by atoms with van der Waals surface area (Å²) in [4.78, 5) is 4.86. The molecule has 0 aliphatic carbocycles. The highest BCUT2D eigenvalue weighted by molar-refractivity contribution is 5.90. The van der Waals surface area contributed by atoms with Crippen LogP contribution in [0.1, 0.15) is 5.56 Å². The molecule has 2 aromatic carbocycles. The molecular weight excluding hydrogens is 312 g/mol. The van der Waals surface area contributed by atoms with E-state index >= 15 is 0 Å². The van der Waals surface area contributed by atoms with Gasteiger partial charge in [-0.3, -0.25) is 0 Å². The van der Waals surface area contributed by atoms with Crippen molar-refractivity contribution in [3.8, 4) is 22.8 Å². The Balaban J connectivity index is 1.91. The van der Waals surface area contributed by atoms with Crippen molar-refractivity contribution in [2.24, 2.45) is 7.05 Å². The van der Waals surface area contributed by atoms with Gasteiger partial charge < -0.3 is 14.0 Å². The SMILES string of the molecule is COc1cc2nc(-c3ccc4c(ccn4C)c3)cc(C)c2cc1OC. The summed E-state index contributed by atoms with van der Waals surface area (Å²) in [5.41, 5.74) is 5.35. The number of methoxy groups -OCH3 is 2. The number of ether oxygens (including phenoxy) is 2. The van der Waals surface area contributed by atoms with Gasteiger partial charge in [0.15, 0.2) is 11.5 Å². The second-order valence-corrected chi connectivity index (χ2v) is 6.25. The van der Waals surface area contributed by atoms with Gasteiger partial charge in [-0.05, 0) is 42.8 Å². The first kappa shape index (κ1) is 15.5. The first-order valence-corrected chi connectivity index (χ1v) is 8.19. The predicted octanol–water partition coefficient (Wildman–Crippen LogP) is 4.72. The van der Waals surface area contributed by atoms with Crippen molar-refractivity contribution < 1.29 is 9.47 Å². The summed E-state index contributed by atoms with van der Waals surface area (Å²) in [5.74, 6) is 1.41. The van der Waals surface area contributed by atoms with Gasteiger partial charge in [-0.1, -0.05) is 6.07 Å². The van der Waals surface area contributed by atoms with E-state index in [1.165, 1.54) is 10.9 Å². The van der Waals surface area contributed by atoms with Gasteiger partial charge in [0.25, 0.3) is 0 Å². The number of hydrogen-bond donors (Lipinski definition) is 0. The summed E-state index contributed by atoms with van der Waals surface area (Å²) in [5, 5.41) is 2.29. The fourth-order valence-electron chi connectivity index (χ4n) is 3.31. The summed E-state index contributed by atoms with van der Waals surface area (Å²) >= 11 is 0. The normalized spacial score (nSPS) is 11.2. The molecule has 2 aromatic heterocycles. The van der Waals surface area contributed by atoms with Crippen LogP contribution in [-0.2, 0) is 7.05 Å². The third kappa shape index (κ3) is 2.50. The Bertz CT molecular complexity index is 1100. The lowest BCUT2D eigenvalue weighted by atomic mass is 10.0. The molecule has 0 aliphatic rings. The molecular formula is C21H20N2O2. The highest BCUT2D eigenvalue weighted by Crippen LogP contribution is 2.34. The summed E-state index contributed by atoms with van der Waals surface area (Å²) in [6, 6.07) is 14.6. The van der Waals surface area contributed by atoms with Gasteiger partial charge in [-0.15, -0.1) is 0 Å². The topological polar surface area (TPSA) is 36.3 Å². The minimum absolute atomic E-state index is 0.692. The van der Waals surface area contributed by atoms with E-state index in [1.54, 1.807) is 14.2 Å². The van der Waals surface area contributed by atoms with E-state index in [4.69, 9.17) is 14.5 Å². The Morgan fingerprint density at radius 1 is 0.920 bits per heavy atom. The van der Waals surface area contributed by atoms with E-state index in [1.807, 2.05) is 12.1 Å². The maximum Gasteiger partial charge on any atom is 0.162 e.